The third-order valence-corrected chi connectivity index (χ3v) is 5.03. The molecule has 2 aromatic carbocycles. The fourth-order valence-corrected chi connectivity index (χ4v) is 3.49. The summed E-state index contributed by atoms with van der Waals surface area (Å²) in [4.78, 5) is 0.120. The van der Waals surface area contributed by atoms with Crippen molar-refractivity contribution in [3.05, 3.63) is 59.2 Å². The van der Waals surface area contributed by atoms with Crippen LogP contribution in [0.15, 0.2) is 47.4 Å². The van der Waals surface area contributed by atoms with E-state index in [0.717, 1.165) is 11.1 Å². The molecule has 0 amide bonds. The molecule has 5 nitrogen and oxygen atoms in total. The quantitative estimate of drug-likeness (QED) is 0.914. The van der Waals surface area contributed by atoms with E-state index in [4.69, 9.17) is 10.00 Å². The van der Waals surface area contributed by atoms with Crippen molar-refractivity contribution in [2.24, 2.45) is 0 Å². The summed E-state index contributed by atoms with van der Waals surface area (Å²) in [5.74, 6) is 0.630. The minimum absolute atomic E-state index is 0.120. The topological polar surface area (TPSA) is 79.2 Å². The summed E-state index contributed by atoms with van der Waals surface area (Å²) in [5, 5.41) is 8.78. The lowest BCUT2D eigenvalue weighted by Crippen LogP contribution is -2.27. The van der Waals surface area contributed by atoms with E-state index < -0.39 is 16.1 Å². The molecule has 0 radical (unpaired) electrons. The van der Waals surface area contributed by atoms with Crippen LogP contribution in [-0.4, -0.2) is 15.5 Å². The molecule has 0 fully saturated rings. The van der Waals surface area contributed by atoms with Crippen molar-refractivity contribution in [2.75, 3.05) is 7.11 Å². The monoisotopic (exact) mass is 330 g/mol. The molecule has 1 unspecified atom stereocenters. The van der Waals surface area contributed by atoms with Gasteiger partial charge in [0, 0.05) is 11.6 Å². The Bertz CT molecular complexity index is 837. The highest BCUT2D eigenvalue weighted by atomic mass is 32.2. The van der Waals surface area contributed by atoms with Gasteiger partial charge in [0.2, 0.25) is 10.0 Å². The van der Waals surface area contributed by atoms with Gasteiger partial charge in [0.1, 0.15) is 5.75 Å². The smallest absolute Gasteiger partial charge is 0.241 e. The first kappa shape index (κ1) is 17.0. The molecule has 0 aliphatic carbocycles. The number of nitrogens with one attached hydrogen (secondary N) is 1. The standard InChI is InChI=1S/C17H18N2O3S/c1-12-4-9-17(22-3)16(10-12)13(2)19-23(20,21)15-7-5-14(11-18)6-8-15/h4-10,13,19H,1-3H3. The second kappa shape index (κ2) is 6.82. The predicted octanol–water partition coefficient (Wildman–Crippen LogP) is 2.91. The van der Waals surface area contributed by atoms with Gasteiger partial charge in [0.25, 0.3) is 0 Å². The highest BCUT2D eigenvalue weighted by Crippen LogP contribution is 2.27. The first-order valence-electron chi connectivity index (χ1n) is 7.04. The zero-order chi connectivity index (χ0) is 17.0. The number of rotatable bonds is 5. The van der Waals surface area contributed by atoms with E-state index in [0.29, 0.717) is 11.3 Å². The second-order valence-electron chi connectivity index (χ2n) is 5.22. The van der Waals surface area contributed by atoms with E-state index in [2.05, 4.69) is 4.72 Å². The molecular formula is C17H18N2O3S. The number of hydrogen-bond donors (Lipinski definition) is 1. The van der Waals surface area contributed by atoms with Gasteiger partial charge in [0.05, 0.1) is 23.6 Å². The third kappa shape index (κ3) is 3.89. The average molecular weight is 330 g/mol. The van der Waals surface area contributed by atoms with E-state index in [1.165, 1.54) is 24.3 Å². The third-order valence-electron chi connectivity index (χ3n) is 3.48. The van der Waals surface area contributed by atoms with Crippen molar-refractivity contribution in [3.63, 3.8) is 0 Å². The molecule has 0 bridgehead atoms. The van der Waals surface area contributed by atoms with Crippen molar-refractivity contribution in [3.8, 4) is 11.8 Å². The summed E-state index contributed by atoms with van der Waals surface area (Å²) < 4.78 is 32.9. The van der Waals surface area contributed by atoms with E-state index in [1.54, 1.807) is 14.0 Å². The zero-order valence-electron chi connectivity index (χ0n) is 13.2. The normalized spacial score (nSPS) is 12.4. The van der Waals surface area contributed by atoms with Crippen molar-refractivity contribution in [1.82, 2.24) is 4.72 Å². The predicted molar refractivity (Wildman–Crippen MR) is 87.6 cm³/mol. The lowest BCUT2D eigenvalue weighted by molar-refractivity contribution is 0.405. The summed E-state index contributed by atoms with van der Waals surface area (Å²) in [6.45, 7) is 3.70. The highest BCUT2D eigenvalue weighted by Gasteiger charge is 2.20. The fourth-order valence-electron chi connectivity index (χ4n) is 2.27. The molecule has 0 saturated heterocycles. The molecule has 2 rings (SSSR count). The largest absolute Gasteiger partial charge is 0.496 e. The Morgan fingerprint density at radius 2 is 1.83 bits per heavy atom. The van der Waals surface area contributed by atoms with E-state index in [1.807, 2.05) is 31.2 Å². The van der Waals surface area contributed by atoms with Crippen molar-refractivity contribution in [2.45, 2.75) is 24.8 Å². The first-order valence-corrected chi connectivity index (χ1v) is 8.52. The minimum atomic E-state index is -3.69. The molecular weight excluding hydrogens is 312 g/mol. The van der Waals surface area contributed by atoms with Crippen LogP contribution in [0.5, 0.6) is 5.75 Å². The minimum Gasteiger partial charge on any atom is -0.496 e. The molecule has 1 N–H and O–H groups in total. The number of nitriles is 1. The van der Waals surface area contributed by atoms with Crippen molar-refractivity contribution < 1.29 is 13.2 Å². The maximum absolute atomic E-state index is 12.5. The Balaban J connectivity index is 2.29. The number of hydrogen-bond acceptors (Lipinski definition) is 4. The summed E-state index contributed by atoms with van der Waals surface area (Å²) in [7, 11) is -2.13. The SMILES string of the molecule is COc1ccc(C)cc1C(C)NS(=O)(=O)c1ccc(C#N)cc1. The Hall–Kier alpha value is -2.36. The fraction of sp³-hybridized carbons (Fsp3) is 0.235. The molecule has 2 aromatic rings. The molecule has 6 heteroatoms. The Morgan fingerprint density at radius 1 is 1.17 bits per heavy atom. The zero-order valence-corrected chi connectivity index (χ0v) is 14.0. The van der Waals surface area contributed by atoms with Crippen LogP contribution in [0.1, 0.15) is 29.7 Å². The van der Waals surface area contributed by atoms with Crippen molar-refractivity contribution in [1.29, 1.82) is 5.26 Å². The molecule has 23 heavy (non-hydrogen) atoms. The summed E-state index contributed by atoms with van der Waals surface area (Å²) in [6, 6.07) is 12.9. The van der Waals surface area contributed by atoms with Crippen molar-refractivity contribution >= 4 is 10.0 Å². The maximum Gasteiger partial charge on any atom is 0.241 e. The lowest BCUT2D eigenvalue weighted by Gasteiger charge is -2.18. The van der Waals surface area contributed by atoms with Crippen LogP contribution >= 0.6 is 0 Å². The van der Waals surface area contributed by atoms with Gasteiger partial charge >= 0.3 is 0 Å². The van der Waals surface area contributed by atoms with Crippen LogP contribution in [0.3, 0.4) is 0 Å². The number of methoxy groups -OCH3 is 1. The molecule has 0 aliphatic rings. The number of nitrogens with zero attached hydrogens (tertiary/aromatic N) is 1. The summed E-state index contributed by atoms with van der Waals surface area (Å²) in [5.41, 5.74) is 2.20. The Labute approximate surface area is 136 Å². The van der Waals surface area contributed by atoms with Crippen LogP contribution in [-0.2, 0) is 10.0 Å². The van der Waals surface area contributed by atoms with Crippen LogP contribution in [0, 0.1) is 18.3 Å². The number of benzene rings is 2. The molecule has 0 aromatic heterocycles. The molecule has 0 spiro atoms. The molecule has 0 heterocycles. The van der Waals surface area contributed by atoms with Crippen LogP contribution in [0.2, 0.25) is 0 Å². The highest BCUT2D eigenvalue weighted by molar-refractivity contribution is 7.89. The molecule has 1 atom stereocenters. The van der Waals surface area contributed by atoms with E-state index >= 15 is 0 Å². The summed E-state index contributed by atoms with van der Waals surface area (Å²) in [6.07, 6.45) is 0. The van der Waals surface area contributed by atoms with Crippen LogP contribution < -0.4 is 9.46 Å². The van der Waals surface area contributed by atoms with Gasteiger partial charge in [0.15, 0.2) is 0 Å². The Morgan fingerprint density at radius 3 is 2.39 bits per heavy atom. The number of aryl methyl sites for hydroxylation is 1. The number of sulfonamides is 1. The van der Waals surface area contributed by atoms with Gasteiger partial charge < -0.3 is 4.74 Å². The molecule has 120 valence electrons. The van der Waals surface area contributed by atoms with Crippen LogP contribution in [0.4, 0.5) is 0 Å². The van der Waals surface area contributed by atoms with Gasteiger partial charge in [-0.05, 0) is 44.2 Å². The van der Waals surface area contributed by atoms with Gasteiger partial charge in [-0.2, -0.15) is 5.26 Å². The Kier molecular flexibility index (Phi) is 5.04. The van der Waals surface area contributed by atoms with E-state index in [9.17, 15) is 8.42 Å². The molecule has 0 aliphatic heterocycles. The second-order valence-corrected chi connectivity index (χ2v) is 6.94. The van der Waals surface area contributed by atoms with E-state index in [-0.39, 0.29) is 4.90 Å². The lowest BCUT2D eigenvalue weighted by atomic mass is 10.1. The van der Waals surface area contributed by atoms with Gasteiger partial charge in [-0.25, -0.2) is 13.1 Å². The van der Waals surface area contributed by atoms with Gasteiger partial charge in [-0.15, -0.1) is 0 Å². The average Bonchev–Trinajstić information content (AvgIpc) is 2.54. The summed E-state index contributed by atoms with van der Waals surface area (Å²) >= 11 is 0. The maximum atomic E-state index is 12.5. The number of ether oxygens (including phenoxy) is 1. The van der Waals surface area contributed by atoms with Crippen LogP contribution in [0.25, 0.3) is 0 Å². The first-order chi connectivity index (χ1) is 10.9. The van der Waals surface area contributed by atoms with Gasteiger partial charge in [-0.3, -0.25) is 0 Å². The molecule has 0 saturated carbocycles. The van der Waals surface area contributed by atoms with Gasteiger partial charge in [-0.1, -0.05) is 17.7 Å².